The smallest absolute Gasteiger partial charge is 0.266 e. The number of benzene rings is 2. The van der Waals surface area contributed by atoms with E-state index in [1.807, 2.05) is 19.1 Å². The van der Waals surface area contributed by atoms with Crippen molar-refractivity contribution in [2.75, 3.05) is 26.1 Å². The summed E-state index contributed by atoms with van der Waals surface area (Å²) in [6.45, 7) is 6.37. The van der Waals surface area contributed by atoms with Gasteiger partial charge in [-0.1, -0.05) is 13.0 Å². The first-order chi connectivity index (χ1) is 14.6. The first-order valence-electron chi connectivity index (χ1n) is 9.58. The molecule has 0 radical (unpaired) electrons. The molecule has 0 aliphatic heterocycles. The number of anilines is 1. The zero-order chi connectivity index (χ0) is 21.9. The largest absolute Gasteiger partial charge is 0.497 e. The fourth-order valence-electron chi connectivity index (χ4n) is 2.78. The normalized spacial score (nSPS) is 10.7. The van der Waals surface area contributed by atoms with E-state index in [0.29, 0.717) is 41.5 Å². The minimum absolute atomic E-state index is 0.0281. The van der Waals surface area contributed by atoms with Crippen molar-refractivity contribution in [3.05, 3.63) is 65.8 Å². The maximum Gasteiger partial charge on any atom is 0.266 e. The Labute approximate surface area is 177 Å². The van der Waals surface area contributed by atoms with Crippen molar-refractivity contribution in [3.63, 3.8) is 0 Å². The molecule has 0 fully saturated rings. The Balaban J connectivity index is 2.34. The van der Waals surface area contributed by atoms with Gasteiger partial charge in [-0.05, 0) is 60.9 Å². The van der Waals surface area contributed by atoms with Crippen LogP contribution in [0.3, 0.4) is 0 Å². The molecule has 0 heterocycles. The molecule has 2 rings (SSSR count). The van der Waals surface area contributed by atoms with E-state index in [1.165, 1.54) is 6.08 Å². The molecule has 6 nitrogen and oxygen atoms in total. The van der Waals surface area contributed by atoms with E-state index in [4.69, 9.17) is 14.2 Å². The lowest BCUT2D eigenvalue weighted by atomic mass is 10.0. The summed E-state index contributed by atoms with van der Waals surface area (Å²) in [5.41, 5.74) is 2.07. The third kappa shape index (κ3) is 5.89. The van der Waals surface area contributed by atoms with E-state index < -0.39 is 5.91 Å². The Kier molecular flexibility index (Phi) is 8.52. The molecule has 0 aliphatic rings. The molecule has 156 valence electrons. The lowest BCUT2D eigenvalue weighted by molar-refractivity contribution is -0.112. The topological polar surface area (TPSA) is 80.6 Å². The van der Waals surface area contributed by atoms with Gasteiger partial charge in [0, 0.05) is 11.3 Å². The molecule has 0 bridgehead atoms. The van der Waals surface area contributed by atoms with Gasteiger partial charge in [0.05, 0.1) is 20.8 Å². The van der Waals surface area contributed by atoms with Crippen LogP contribution in [0, 0.1) is 11.3 Å². The molecule has 0 aliphatic carbocycles. The number of nitrogens with one attached hydrogen (secondary N) is 1. The van der Waals surface area contributed by atoms with Gasteiger partial charge >= 0.3 is 0 Å². The Morgan fingerprint density at radius 1 is 1.20 bits per heavy atom. The van der Waals surface area contributed by atoms with Gasteiger partial charge in [-0.2, -0.15) is 5.26 Å². The second kappa shape index (κ2) is 11.3. The molecule has 1 N–H and O–H groups in total. The van der Waals surface area contributed by atoms with Gasteiger partial charge in [0.15, 0.2) is 11.5 Å². The van der Waals surface area contributed by atoms with Crippen molar-refractivity contribution in [2.24, 2.45) is 0 Å². The van der Waals surface area contributed by atoms with E-state index in [9.17, 15) is 10.1 Å². The van der Waals surface area contributed by atoms with Crippen molar-refractivity contribution in [3.8, 4) is 23.3 Å². The molecule has 30 heavy (non-hydrogen) atoms. The van der Waals surface area contributed by atoms with Gasteiger partial charge in [-0.15, -0.1) is 6.58 Å². The van der Waals surface area contributed by atoms with Gasteiger partial charge in [0.2, 0.25) is 0 Å². The Morgan fingerprint density at radius 2 is 1.93 bits per heavy atom. The zero-order valence-corrected chi connectivity index (χ0v) is 17.5. The second-order valence-electron chi connectivity index (χ2n) is 6.41. The number of nitrogens with zero attached hydrogens (tertiary/aromatic N) is 1. The third-order valence-corrected chi connectivity index (χ3v) is 4.21. The van der Waals surface area contributed by atoms with E-state index in [1.54, 1.807) is 50.6 Å². The maximum absolute atomic E-state index is 12.6. The van der Waals surface area contributed by atoms with Crippen molar-refractivity contribution >= 4 is 17.7 Å². The fraction of sp³-hybridized carbons (Fsp3) is 0.250. The highest BCUT2D eigenvalue weighted by Crippen LogP contribution is 2.34. The summed E-state index contributed by atoms with van der Waals surface area (Å²) in [7, 11) is 3.12. The summed E-state index contributed by atoms with van der Waals surface area (Å²) in [5, 5.41) is 12.2. The highest BCUT2D eigenvalue weighted by atomic mass is 16.5. The molecule has 0 unspecified atom stereocenters. The van der Waals surface area contributed by atoms with Gasteiger partial charge < -0.3 is 19.5 Å². The molecule has 2 aromatic carbocycles. The number of hydrogen-bond acceptors (Lipinski definition) is 5. The summed E-state index contributed by atoms with van der Waals surface area (Å²) in [6.07, 6.45) is 4.72. The Hall–Kier alpha value is -3.72. The second-order valence-corrected chi connectivity index (χ2v) is 6.41. The van der Waals surface area contributed by atoms with Gasteiger partial charge in [0.1, 0.15) is 17.4 Å². The zero-order valence-electron chi connectivity index (χ0n) is 17.5. The number of rotatable bonds is 10. The number of methoxy groups -OCH3 is 2. The molecular formula is C24H26N2O4. The number of carbonyl (C=O) groups excluding carboxylic acids is 1. The van der Waals surface area contributed by atoms with Crippen LogP contribution >= 0.6 is 0 Å². The average Bonchev–Trinajstić information content (AvgIpc) is 2.77. The van der Waals surface area contributed by atoms with E-state index in [-0.39, 0.29) is 5.57 Å². The first kappa shape index (κ1) is 22.6. The van der Waals surface area contributed by atoms with Crippen LogP contribution in [0.1, 0.15) is 24.5 Å². The van der Waals surface area contributed by atoms with Crippen LogP contribution in [0.4, 0.5) is 5.69 Å². The van der Waals surface area contributed by atoms with Crippen molar-refractivity contribution < 1.29 is 19.0 Å². The summed E-state index contributed by atoms with van der Waals surface area (Å²) in [6, 6.07) is 12.4. The van der Waals surface area contributed by atoms with E-state index in [0.717, 1.165) is 12.0 Å². The van der Waals surface area contributed by atoms with E-state index in [2.05, 4.69) is 11.9 Å². The average molecular weight is 406 g/mol. The number of amides is 1. The van der Waals surface area contributed by atoms with Crippen LogP contribution in [-0.2, 0) is 11.2 Å². The predicted octanol–water partition coefficient (Wildman–Crippen LogP) is 4.77. The third-order valence-electron chi connectivity index (χ3n) is 4.21. The number of nitriles is 1. The molecule has 2 aromatic rings. The predicted molar refractivity (Wildman–Crippen MR) is 118 cm³/mol. The van der Waals surface area contributed by atoms with Crippen molar-refractivity contribution in [1.82, 2.24) is 0 Å². The quantitative estimate of drug-likeness (QED) is 0.349. The molecule has 0 aromatic heterocycles. The van der Waals surface area contributed by atoms with Crippen LogP contribution in [0.2, 0.25) is 0 Å². The molecular weight excluding hydrogens is 380 g/mol. The molecule has 1 amide bonds. The number of carbonyl (C=O) groups is 1. The highest BCUT2D eigenvalue weighted by molar-refractivity contribution is 6.09. The molecule has 6 heteroatoms. The lowest BCUT2D eigenvalue weighted by Crippen LogP contribution is -2.13. The molecule has 0 saturated heterocycles. The highest BCUT2D eigenvalue weighted by Gasteiger charge is 2.14. The van der Waals surface area contributed by atoms with Gasteiger partial charge in [-0.3, -0.25) is 4.79 Å². The van der Waals surface area contributed by atoms with Crippen molar-refractivity contribution in [2.45, 2.75) is 19.8 Å². The minimum atomic E-state index is -0.502. The summed E-state index contributed by atoms with van der Waals surface area (Å²) < 4.78 is 16.4. The van der Waals surface area contributed by atoms with Crippen molar-refractivity contribution in [1.29, 1.82) is 5.26 Å². The molecule has 0 atom stereocenters. The number of ether oxygens (including phenoxy) is 3. The molecule has 0 saturated carbocycles. The fourth-order valence-corrected chi connectivity index (χ4v) is 2.78. The van der Waals surface area contributed by atoms with Gasteiger partial charge in [0.25, 0.3) is 5.91 Å². The van der Waals surface area contributed by atoms with Gasteiger partial charge in [-0.25, -0.2) is 0 Å². The Bertz CT molecular complexity index is 956. The molecule has 0 spiro atoms. The summed E-state index contributed by atoms with van der Waals surface area (Å²) in [5.74, 6) is 1.37. The van der Waals surface area contributed by atoms with Crippen LogP contribution in [0.25, 0.3) is 6.08 Å². The first-order valence-corrected chi connectivity index (χ1v) is 9.58. The van der Waals surface area contributed by atoms with E-state index >= 15 is 0 Å². The van der Waals surface area contributed by atoms with Crippen LogP contribution in [-0.4, -0.2) is 26.7 Å². The monoisotopic (exact) mass is 406 g/mol. The summed E-state index contributed by atoms with van der Waals surface area (Å²) in [4.78, 5) is 12.6. The van der Waals surface area contributed by atoms with Crippen LogP contribution < -0.4 is 19.5 Å². The number of hydrogen-bond donors (Lipinski definition) is 1. The summed E-state index contributed by atoms with van der Waals surface area (Å²) >= 11 is 0. The van der Waals surface area contributed by atoms with Crippen LogP contribution in [0.15, 0.2) is 54.6 Å². The SMILES string of the molecule is C=CCc1cc(/C=C(\C#N)C(=O)Nc2ccc(OC)cc2)cc(OC)c1OCCC. The Morgan fingerprint density at radius 3 is 2.50 bits per heavy atom. The lowest BCUT2D eigenvalue weighted by Gasteiger charge is -2.15. The number of allylic oxidation sites excluding steroid dienone is 1. The standard InChI is InChI=1S/C24H26N2O4/c1-5-7-18-13-17(15-22(29-4)23(18)30-12-6-2)14-19(16-25)24(27)26-20-8-10-21(28-3)11-9-20/h5,8-11,13-15H,1,6-7,12H2,2-4H3,(H,26,27)/b19-14+. The minimum Gasteiger partial charge on any atom is -0.497 e. The maximum atomic E-state index is 12.6. The van der Waals surface area contributed by atoms with Crippen LogP contribution in [0.5, 0.6) is 17.2 Å².